The molecule has 0 aromatic heterocycles. The van der Waals surface area contributed by atoms with Gasteiger partial charge in [-0.15, -0.1) is 0 Å². The molecule has 13 heteroatoms. The summed E-state index contributed by atoms with van der Waals surface area (Å²) < 4.78 is 65.2. The lowest BCUT2D eigenvalue weighted by Crippen LogP contribution is -2.51. The minimum atomic E-state index is -4.72. The largest absolute Gasteiger partial charge is 0.416 e. The molecular weight excluding hydrogens is 542 g/mol. The fraction of sp³-hybridized carbons (Fsp3) is 0.391. The minimum Gasteiger partial charge on any atom is -0.354 e. The van der Waals surface area contributed by atoms with E-state index < -0.39 is 46.2 Å². The topological polar surface area (TPSA) is 86.8 Å². The van der Waals surface area contributed by atoms with Gasteiger partial charge in [0.15, 0.2) is 0 Å². The van der Waals surface area contributed by atoms with E-state index in [1.807, 2.05) is 6.92 Å². The molecule has 0 spiro atoms. The van der Waals surface area contributed by atoms with E-state index in [1.165, 1.54) is 6.92 Å². The van der Waals surface area contributed by atoms with Crippen molar-refractivity contribution in [1.29, 1.82) is 0 Å². The summed E-state index contributed by atoms with van der Waals surface area (Å²) in [7, 11) is -4.19. The average Bonchev–Trinajstić information content (AvgIpc) is 2.79. The number of benzene rings is 2. The highest BCUT2D eigenvalue weighted by Gasteiger charge is 2.34. The number of nitrogens with one attached hydrogen (secondary N) is 1. The number of nitrogens with zero attached hydrogens (tertiary/aromatic N) is 2. The SMILES string of the molecule is CCCNC(=O)[C@@H](C)N(Cc1c(Cl)cccc1Cl)C(=O)CN(c1cccc(C(F)(F)F)c1)S(C)(=O)=O. The molecule has 1 N–H and O–H groups in total. The van der Waals surface area contributed by atoms with E-state index in [4.69, 9.17) is 23.2 Å². The summed E-state index contributed by atoms with van der Waals surface area (Å²) in [6, 6.07) is 7.23. The van der Waals surface area contributed by atoms with Gasteiger partial charge in [-0.1, -0.05) is 42.3 Å². The lowest BCUT2D eigenvalue weighted by molar-refractivity contribution is -0.139. The Balaban J connectivity index is 2.48. The van der Waals surface area contributed by atoms with Gasteiger partial charge in [0.2, 0.25) is 21.8 Å². The number of amides is 2. The van der Waals surface area contributed by atoms with Gasteiger partial charge in [-0.3, -0.25) is 13.9 Å². The van der Waals surface area contributed by atoms with Crippen LogP contribution in [0.5, 0.6) is 0 Å². The molecule has 7 nitrogen and oxygen atoms in total. The van der Waals surface area contributed by atoms with Crippen molar-refractivity contribution in [1.82, 2.24) is 10.2 Å². The van der Waals surface area contributed by atoms with Crippen molar-refractivity contribution in [2.75, 3.05) is 23.7 Å². The van der Waals surface area contributed by atoms with Crippen molar-refractivity contribution in [3.63, 3.8) is 0 Å². The summed E-state index contributed by atoms with van der Waals surface area (Å²) in [4.78, 5) is 27.2. The normalized spacial score (nSPS) is 12.7. The van der Waals surface area contributed by atoms with Gasteiger partial charge in [-0.2, -0.15) is 13.2 Å². The second kappa shape index (κ2) is 12.2. The molecule has 0 saturated heterocycles. The lowest BCUT2D eigenvalue weighted by atomic mass is 10.1. The van der Waals surface area contributed by atoms with Crippen LogP contribution >= 0.6 is 23.2 Å². The van der Waals surface area contributed by atoms with Crippen LogP contribution in [-0.2, 0) is 32.3 Å². The van der Waals surface area contributed by atoms with Gasteiger partial charge in [0.05, 0.1) is 17.5 Å². The molecule has 36 heavy (non-hydrogen) atoms. The molecule has 0 aliphatic heterocycles. The molecule has 0 radical (unpaired) electrons. The summed E-state index contributed by atoms with van der Waals surface area (Å²) in [6.45, 7) is 2.54. The van der Waals surface area contributed by atoms with Crippen LogP contribution in [0.4, 0.5) is 18.9 Å². The highest BCUT2D eigenvalue weighted by Crippen LogP contribution is 2.32. The molecule has 2 aromatic carbocycles. The van der Waals surface area contributed by atoms with E-state index in [9.17, 15) is 31.2 Å². The Morgan fingerprint density at radius 3 is 2.19 bits per heavy atom. The highest BCUT2D eigenvalue weighted by molar-refractivity contribution is 7.92. The smallest absolute Gasteiger partial charge is 0.354 e. The predicted molar refractivity (Wildman–Crippen MR) is 133 cm³/mol. The molecule has 0 heterocycles. The van der Waals surface area contributed by atoms with Crippen molar-refractivity contribution in [3.05, 3.63) is 63.6 Å². The van der Waals surface area contributed by atoms with E-state index in [1.54, 1.807) is 18.2 Å². The lowest BCUT2D eigenvalue weighted by Gasteiger charge is -2.32. The predicted octanol–water partition coefficient (Wildman–Crippen LogP) is 4.72. The number of hydrogen-bond donors (Lipinski definition) is 1. The van der Waals surface area contributed by atoms with E-state index >= 15 is 0 Å². The van der Waals surface area contributed by atoms with Crippen LogP contribution in [0.25, 0.3) is 0 Å². The van der Waals surface area contributed by atoms with Crippen LogP contribution in [-0.4, -0.2) is 50.5 Å². The third-order valence-corrected chi connectivity index (χ3v) is 7.10. The number of sulfonamides is 1. The van der Waals surface area contributed by atoms with Crippen molar-refractivity contribution in [2.45, 2.75) is 39.0 Å². The Labute approximate surface area is 218 Å². The zero-order chi connectivity index (χ0) is 27.3. The van der Waals surface area contributed by atoms with Crippen LogP contribution in [0.15, 0.2) is 42.5 Å². The van der Waals surface area contributed by atoms with Gasteiger partial charge in [0.1, 0.15) is 12.6 Å². The third-order valence-electron chi connectivity index (χ3n) is 5.25. The number of anilines is 1. The molecule has 0 bridgehead atoms. The molecule has 2 rings (SSSR count). The number of hydrogen-bond acceptors (Lipinski definition) is 4. The van der Waals surface area contributed by atoms with Crippen LogP contribution in [0, 0.1) is 0 Å². The molecule has 0 fully saturated rings. The van der Waals surface area contributed by atoms with Crippen LogP contribution in [0.3, 0.4) is 0 Å². The van der Waals surface area contributed by atoms with E-state index in [0.717, 1.165) is 29.4 Å². The minimum absolute atomic E-state index is 0.222. The molecule has 0 aliphatic carbocycles. The molecule has 0 unspecified atom stereocenters. The van der Waals surface area contributed by atoms with Crippen LogP contribution < -0.4 is 9.62 Å². The number of rotatable bonds is 10. The van der Waals surface area contributed by atoms with Gasteiger partial charge in [0.25, 0.3) is 0 Å². The summed E-state index contributed by atoms with van der Waals surface area (Å²) >= 11 is 12.5. The molecule has 198 valence electrons. The van der Waals surface area contributed by atoms with Gasteiger partial charge in [-0.05, 0) is 43.7 Å². The van der Waals surface area contributed by atoms with Crippen LogP contribution in [0.1, 0.15) is 31.4 Å². The average molecular weight is 568 g/mol. The van der Waals surface area contributed by atoms with Crippen molar-refractivity contribution in [3.8, 4) is 0 Å². The Morgan fingerprint density at radius 1 is 1.08 bits per heavy atom. The maximum Gasteiger partial charge on any atom is 0.416 e. The number of carbonyl (C=O) groups is 2. The molecule has 1 atom stereocenters. The van der Waals surface area contributed by atoms with E-state index in [-0.39, 0.29) is 22.3 Å². The quantitative estimate of drug-likeness (QED) is 0.450. The number of alkyl halides is 3. The Kier molecular flexibility index (Phi) is 10.0. The zero-order valence-electron chi connectivity index (χ0n) is 19.8. The number of halogens is 5. The summed E-state index contributed by atoms with van der Waals surface area (Å²) in [6.07, 6.45) is -3.31. The van der Waals surface area contributed by atoms with Crippen molar-refractivity contribution in [2.24, 2.45) is 0 Å². The monoisotopic (exact) mass is 567 g/mol. The first kappa shape index (κ1) is 29.7. The standard InChI is InChI=1S/C23H26Cl2F3N3O4S/c1-4-11-29-22(33)15(2)30(13-18-19(24)9-6-10-20(18)25)21(32)14-31(36(3,34)35)17-8-5-7-16(12-17)23(26,27)28/h5-10,12,15H,4,11,13-14H2,1-3H3,(H,29,33)/t15-/m1/s1. The Hall–Kier alpha value is -2.50. The summed E-state index contributed by atoms with van der Waals surface area (Å²) in [5, 5.41) is 3.11. The summed E-state index contributed by atoms with van der Waals surface area (Å²) in [5.41, 5.74) is -1.10. The zero-order valence-corrected chi connectivity index (χ0v) is 22.1. The molecule has 2 aromatic rings. The fourth-order valence-corrected chi connectivity index (χ4v) is 4.64. The fourth-order valence-electron chi connectivity index (χ4n) is 3.28. The first-order valence-corrected chi connectivity index (χ1v) is 13.4. The van der Waals surface area contributed by atoms with Crippen molar-refractivity contribution >= 4 is 50.7 Å². The van der Waals surface area contributed by atoms with Gasteiger partial charge in [0, 0.05) is 28.7 Å². The second-order valence-electron chi connectivity index (χ2n) is 8.01. The first-order chi connectivity index (χ1) is 16.7. The van der Waals surface area contributed by atoms with Gasteiger partial charge in [-0.25, -0.2) is 8.42 Å². The molecule has 0 aliphatic rings. The van der Waals surface area contributed by atoms with Gasteiger partial charge < -0.3 is 10.2 Å². The summed E-state index contributed by atoms with van der Waals surface area (Å²) in [5.74, 6) is -1.34. The number of carbonyl (C=O) groups excluding carboxylic acids is 2. The molecular formula is C23H26Cl2F3N3O4S. The Bertz CT molecular complexity index is 1190. The highest BCUT2D eigenvalue weighted by atomic mass is 35.5. The van der Waals surface area contributed by atoms with Crippen LogP contribution in [0.2, 0.25) is 10.0 Å². The molecule has 2 amide bonds. The Morgan fingerprint density at radius 2 is 1.67 bits per heavy atom. The van der Waals surface area contributed by atoms with E-state index in [0.29, 0.717) is 28.9 Å². The van der Waals surface area contributed by atoms with Gasteiger partial charge >= 0.3 is 6.18 Å². The third kappa shape index (κ3) is 7.75. The first-order valence-electron chi connectivity index (χ1n) is 10.8. The van der Waals surface area contributed by atoms with Crippen molar-refractivity contribution < 1.29 is 31.2 Å². The van der Waals surface area contributed by atoms with E-state index in [2.05, 4.69) is 5.32 Å². The maximum atomic E-state index is 13.4. The maximum absolute atomic E-state index is 13.4. The second-order valence-corrected chi connectivity index (χ2v) is 10.7. The molecule has 0 saturated carbocycles.